The van der Waals surface area contributed by atoms with E-state index in [1.54, 1.807) is 4.90 Å². The Hall–Kier alpha value is -2.12. The maximum Gasteiger partial charge on any atom is 0.410 e. The maximum atomic E-state index is 13.2. The summed E-state index contributed by atoms with van der Waals surface area (Å²) in [5.41, 5.74) is 1.19. The molecule has 0 aromatic heterocycles. The number of aliphatic hydroxyl groups excluding tert-OH is 1. The number of ether oxygens (including phenoxy) is 1. The zero-order valence-electron chi connectivity index (χ0n) is 19.7. The number of benzene rings is 1. The topological polar surface area (TPSA) is 73.3 Å². The lowest BCUT2D eigenvalue weighted by Crippen LogP contribution is -2.61. The van der Waals surface area contributed by atoms with Gasteiger partial charge in [-0.2, -0.15) is 0 Å². The molecule has 0 bridgehead atoms. The fourth-order valence-corrected chi connectivity index (χ4v) is 6.13. The summed E-state index contributed by atoms with van der Waals surface area (Å²) in [6.45, 7) is 5.47. The molecule has 1 N–H and O–H groups in total. The molecule has 0 radical (unpaired) electrons. The van der Waals surface area contributed by atoms with E-state index in [2.05, 4.69) is 9.80 Å². The number of piperazine rings is 1. The van der Waals surface area contributed by atoms with Crippen LogP contribution in [0.3, 0.4) is 0 Å². The molecule has 1 aromatic carbocycles. The monoisotopic (exact) mass is 455 g/mol. The Kier molecular flexibility index (Phi) is 6.36. The van der Waals surface area contributed by atoms with Gasteiger partial charge in [-0.1, -0.05) is 30.3 Å². The van der Waals surface area contributed by atoms with Crippen molar-refractivity contribution in [1.29, 1.82) is 0 Å². The van der Waals surface area contributed by atoms with Crippen molar-refractivity contribution in [3.05, 3.63) is 35.9 Å². The SMILES string of the molecule is C[C@H]1C(=O)N2[C@@H](CCCN3CCC4(CC4)[C@H](O)C3)CC[C@H]2CN1C(=O)OCc1ccccc1. The van der Waals surface area contributed by atoms with Gasteiger partial charge < -0.3 is 19.6 Å². The Balaban J connectivity index is 1.10. The van der Waals surface area contributed by atoms with E-state index >= 15 is 0 Å². The summed E-state index contributed by atoms with van der Waals surface area (Å²) in [4.78, 5) is 32.0. The highest BCUT2D eigenvalue weighted by atomic mass is 16.6. The van der Waals surface area contributed by atoms with Crippen molar-refractivity contribution in [2.75, 3.05) is 26.2 Å². The molecule has 4 fully saturated rings. The summed E-state index contributed by atoms with van der Waals surface area (Å²) < 4.78 is 5.51. The van der Waals surface area contributed by atoms with Crippen LogP contribution in [0, 0.1) is 5.41 Å². The number of carbonyl (C=O) groups is 2. The lowest BCUT2D eigenvalue weighted by molar-refractivity contribution is -0.144. The van der Waals surface area contributed by atoms with Gasteiger partial charge in [-0.3, -0.25) is 9.69 Å². The predicted molar refractivity (Wildman–Crippen MR) is 124 cm³/mol. The standard InChI is InChI=1S/C26H37N3O4/c1-19-24(31)29-21(8-5-14-27-15-13-26(11-12-26)23(30)17-27)9-10-22(29)16-28(19)25(32)33-18-20-6-3-2-4-7-20/h2-4,6-7,19,21-23,30H,5,8-18H2,1H3/t19-,21-,22-,23+/m0/s1. The fraction of sp³-hybridized carbons (Fsp3) is 0.692. The molecule has 0 unspecified atom stereocenters. The highest BCUT2D eigenvalue weighted by molar-refractivity contribution is 5.87. The van der Waals surface area contributed by atoms with Gasteiger partial charge in [0.1, 0.15) is 12.6 Å². The first-order valence-corrected chi connectivity index (χ1v) is 12.7. The second-order valence-corrected chi connectivity index (χ2v) is 10.6. The lowest BCUT2D eigenvalue weighted by atomic mass is 9.90. The summed E-state index contributed by atoms with van der Waals surface area (Å²) in [6, 6.07) is 9.49. The van der Waals surface area contributed by atoms with Crippen LogP contribution < -0.4 is 0 Å². The van der Waals surface area contributed by atoms with Gasteiger partial charge >= 0.3 is 6.09 Å². The second kappa shape index (κ2) is 9.26. The van der Waals surface area contributed by atoms with Gasteiger partial charge in [0.25, 0.3) is 0 Å². The summed E-state index contributed by atoms with van der Waals surface area (Å²) in [5.74, 6) is 0.0504. The molecule has 7 heteroatoms. The Morgan fingerprint density at radius 3 is 2.67 bits per heavy atom. The molecule has 3 aliphatic heterocycles. The first-order chi connectivity index (χ1) is 16.0. The van der Waals surface area contributed by atoms with Crippen LogP contribution in [0.1, 0.15) is 57.4 Å². The third-order valence-electron chi connectivity index (χ3n) is 8.51. The number of aliphatic hydroxyl groups is 1. The van der Waals surface area contributed by atoms with Crippen LogP contribution in [-0.2, 0) is 16.1 Å². The molecule has 4 atom stereocenters. The van der Waals surface area contributed by atoms with Crippen molar-refractivity contribution < 1.29 is 19.4 Å². The van der Waals surface area contributed by atoms with E-state index in [-0.39, 0.29) is 36.1 Å². The molecule has 1 aliphatic carbocycles. The Morgan fingerprint density at radius 1 is 1.15 bits per heavy atom. The number of nitrogens with zero attached hydrogens (tertiary/aromatic N) is 3. The van der Waals surface area contributed by atoms with Crippen LogP contribution in [0.2, 0.25) is 0 Å². The molecule has 2 amide bonds. The molecule has 33 heavy (non-hydrogen) atoms. The van der Waals surface area contributed by atoms with E-state index < -0.39 is 12.1 Å². The molecular formula is C26H37N3O4. The Labute approximate surface area is 196 Å². The van der Waals surface area contributed by atoms with E-state index in [4.69, 9.17) is 4.74 Å². The average Bonchev–Trinajstić information content (AvgIpc) is 3.50. The second-order valence-electron chi connectivity index (χ2n) is 10.6. The number of β-amino-alcohol motifs (C(OH)–C–C–N with tert-alkyl or cyclic N) is 1. The lowest BCUT2D eigenvalue weighted by Gasteiger charge is -2.43. The van der Waals surface area contributed by atoms with Crippen molar-refractivity contribution in [2.24, 2.45) is 5.41 Å². The van der Waals surface area contributed by atoms with Crippen molar-refractivity contribution >= 4 is 12.0 Å². The van der Waals surface area contributed by atoms with Crippen molar-refractivity contribution in [1.82, 2.24) is 14.7 Å². The minimum Gasteiger partial charge on any atom is -0.445 e. The van der Waals surface area contributed by atoms with Gasteiger partial charge in [-0.15, -0.1) is 0 Å². The minimum atomic E-state index is -0.489. The molecule has 3 heterocycles. The number of amides is 2. The Morgan fingerprint density at radius 2 is 1.94 bits per heavy atom. The van der Waals surface area contributed by atoms with Crippen molar-refractivity contribution in [3.63, 3.8) is 0 Å². The third-order valence-corrected chi connectivity index (χ3v) is 8.51. The van der Waals surface area contributed by atoms with E-state index in [1.165, 1.54) is 12.8 Å². The van der Waals surface area contributed by atoms with E-state index in [1.807, 2.05) is 37.3 Å². The maximum absolute atomic E-state index is 13.2. The van der Waals surface area contributed by atoms with Gasteiger partial charge in [-0.05, 0) is 75.9 Å². The van der Waals surface area contributed by atoms with E-state index in [0.29, 0.717) is 6.54 Å². The molecule has 1 spiro atoms. The smallest absolute Gasteiger partial charge is 0.410 e. The van der Waals surface area contributed by atoms with Crippen LogP contribution in [0.15, 0.2) is 30.3 Å². The van der Waals surface area contributed by atoms with Gasteiger partial charge in [0.15, 0.2) is 0 Å². The van der Waals surface area contributed by atoms with Crippen LogP contribution >= 0.6 is 0 Å². The van der Waals surface area contributed by atoms with Crippen LogP contribution in [-0.4, -0.2) is 82.2 Å². The number of fused-ring (bicyclic) bond motifs is 1. The summed E-state index contributed by atoms with van der Waals surface area (Å²) in [5, 5.41) is 10.4. The first kappa shape index (κ1) is 22.7. The third kappa shape index (κ3) is 4.62. The van der Waals surface area contributed by atoms with Crippen LogP contribution in [0.4, 0.5) is 4.79 Å². The first-order valence-electron chi connectivity index (χ1n) is 12.7. The molecule has 5 rings (SSSR count). The summed E-state index contributed by atoms with van der Waals surface area (Å²) in [7, 11) is 0. The van der Waals surface area contributed by atoms with Gasteiger partial charge in [0, 0.05) is 25.2 Å². The summed E-state index contributed by atoms with van der Waals surface area (Å²) in [6.07, 6.45) is 6.91. The van der Waals surface area contributed by atoms with Gasteiger partial charge in [-0.25, -0.2) is 4.79 Å². The van der Waals surface area contributed by atoms with E-state index in [0.717, 1.165) is 57.3 Å². The number of likely N-dealkylation sites (tertiary alicyclic amines) is 1. The van der Waals surface area contributed by atoms with Crippen LogP contribution in [0.5, 0.6) is 0 Å². The molecule has 180 valence electrons. The predicted octanol–water partition coefficient (Wildman–Crippen LogP) is 3.01. The molecule has 7 nitrogen and oxygen atoms in total. The molecule has 3 saturated heterocycles. The molecule has 1 saturated carbocycles. The minimum absolute atomic E-state index is 0.0504. The Bertz CT molecular complexity index is 858. The number of rotatable bonds is 6. The quantitative estimate of drug-likeness (QED) is 0.714. The zero-order valence-corrected chi connectivity index (χ0v) is 19.7. The highest BCUT2D eigenvalue weighted by Crippen LogP contribution is 2.53. The average molecular weight is 456 g/mol. The van der Waals surface area contributed by atoms with Gasteiger partial charge in [0.05, 0.1) is 6.10 Å². The molecule has 1 aromatic rings. The largest absolute Gasteiger partial charge is 0.445 e. The molecular weight excluding hydrogens is 418 g/mol. The van der Waals surface area contributed by atoms with Crippen molar-refractivity contribution in [3.8, 4) is 0 Å². The van der Waals surface area contributed by atoms with Gasteiger partial charge in [0.2, 0.25) is 5.91 Å². The van der Waals surface area contributed by atoms with Crippen molar-refractivity contribution in [2.45, 2.75) is 82.7 Å². The van der Waals surface area contributed by atoms with E-state index in [9.17, 15) is 14.7 Å². The fourth-order valence-electron chi connectivity index (χ4n) is 6.13. The number of carbonyl (C=O) groups excluding carboxylic acids is 2. The summed E-state index contributed by atoms with van der Waals surface area (Å²) >= 11 is 0. The zero-order chi connectivity index (χ0) is 23.0. The number of hydrogen-bond donors (Lipinski definition) is 1. The number of hydrogen-bond acceptors (Lipinski definition) is 5. The van der Waals surface area contributed by atoms with Crippen LogP contribution in [0.25, 0.3) is 0 Å². The highest BCUT2D eigenvalue weighted by Gasteiger charge is 2.51. The molecule has 4 aliphatic rings. The number of piperidine rings is 1. The normalized spacial score (nSPS) is 31.0.